The number of benzene rings is 2. The third-order valence-electron chi connectivity index (χ3n) is 2.88. The molecule has 0 atom stereocenters. The van der Waals surface area contributed by atoms with Crippen LogP contribution in [0, 0.1) is 5.82 Å². The van der Waals surface area contributed by atoms with Gasteiger partial charge in [0.15, 0.2) is 0 Å². The summed E-state index contributed by atoms with van der Waals surface area (Å²) in [7, 11) is -1.14. The number of ether oxygens (including phenoxy) is 1. The van der Waals surface area contributed by atoms with E-state index < -0.39 is 15.8 Å². The first-order valence-corrected chi connectivity index (χ1v) is 7.28. The lowest BCUT2D eigenvalue weighted by atomic mass is 10.3. The summed E-state index contributed by atoms with van der Waals surface area (Å²) in [5, 5.41) is 0. The fourth-order valence-corrected chi connectivity index (χ4v) is 3.14. The molecule has 0 fully saturated rings. The molecule has 4 nitrogen and oxygen atoms in total. The molecule has 0 aliphatic rings. The second-order valence-electron chi connectivity index (χ2n) is 4.10. The van der Waals surface area contributed by atoms with Gasteiger partial charge in [0.05, 0.1) is 12.8 Å². The van der Waals surface area contributed by atoms with Crippen LogP contribution in [0.15, 0.2) is 53.4 Å². The number of anilines is 1. The van der Waals surface area contributed by atoms with Crippen LogP contribution in [0.1, 0.15) is 0 Å². The molecule has 6 heteroatoms. The number of nitrogens with zero attached hydrogens (tertiary/aromatic N) is 1. The lowest BCUT2D eigenvalue weighted by Crippen LogP contribution is -2.27. The van der Waals surface area contributed by atoms with Gasteiger partial charge < -0.3 is 4.74 Å². The van der Waals surface area contributed by atoms with Gasteiger partial charge in [-0.1, -0.05) is 18.2 Å². The summed E-state index contributed by atoms with van der Waals surface area (Å²) in [6.45, 7) is 0. The molecule has 0 spiro atoms. The highest BCUT2D eigenvalue weighted by atomic mass is 32.2. The number of hydrogen-bond acceptors (Lipinski definition) is 3. The van der Waals surface area contributed by atoms with Crippen molar-refractivity contribution < 1.29 is 17.5 Å². The Hall–Kier alpha value is -2.08. The molecule has 0 unspecified atom stereocenters. The van der Waals surface area contributed by atoms with Crippen LogP contribution < -0.4 is 9.04 Å². The topological polar surface area (TPSA) is 46.6 Å². The molecule has 2 aromatic rings. The third-order valence-corrected chi connectivity index (χ3v) is 4.69. The molecule has 0 saturated carbocycles. The van der Waals surface area contributed by atoms with Crippen LogP contribution in [-0.2, 0) is 10.0 Å². The molecule has 0 N–H and O–H groups in total. The van der Waals surface area contributed by atoms with Gasteiger partial charge in [0.25, 0.3) is 10.0 Å². The third kappa shape index (κ3) is 2.60. The van der Waals surface area contributed by atoms with Crippen molar-refractivity contribution in [3.8, 4) is 5.75 Å². The maximum absolute atomic E-state index is 13.3. The van der Waals surface area contributed by atoms with E-state index in [1.54, 1.807) is 30.3 Å². The molecule has 20 heavy (non-hydrogen) atoms. The summed E-state index contributed by atoms with van der Waals surface area (Å²) >= 11 is 0. The van der Waals surface area contributed by atoms with Crippen molar-refractivity contribution >= 4 is 15.7 Å². The summed E-state index contributed by atoms with van der Waals surface area (Å²) in [5.41, 5.74) is 0.485. The van der Waals surface area contributed by atoms with Crippen molar-refractivity contribution in [1.29, 1.82) is 0 Å². The highest BCUT2D eigenvalue weighted by Crippen LogP contribution is 2.29. The Labute approximate surface area is 117 Å². The zero-order valence-corrected chi connectivity index (χ0v) is 11.9. The normalized spacial score (nSPS) is 11.2. The summed E-state index contributed by atoms with van der Waals surface area (Å²) in [4.78, 5) is -0.202. The molecule has 0 saturated heterocycles. The van der Waals surface area contributed by atoms with E-state index in [1.165, 1.54) is 20.2 Å². The van der Waals surface area contributed by atoms with Crippen molar-refractivity contribution in [2.24, 2.45) is 0 Å². The SMILES string of the molecule is COc1ccc(F)cc1S(=O)(=O)N(C)c1ccccc1. The van der Waals surface area contributed by atoms with Gasteiger partial charge in [0.2, 0.25) is 0 Å². The Morgan fingerprint density at radius 3 is 2.35 bits per heavy atom. The van der Waals surface area contributed by atoms with Crippen LogP contribution in [0.25, 0.3) is 0 Å². The summed E-state index contributed by atoms with van der Waals surface area (Å²) in [6.07, 6.45) is 0. The van der Waals surface area contributed by atoms with E-state index >= 15 is 0 Å². The second kappa shape index (κ2) is 5.50. The van der Waals surface area contributed by atoms with Crippen molar-refractivity contribution in [3.63, 3.8) is 0 Å². The minimum atomic E-state index is -3.89. The first-order chi connectivity index (χ1) is 9.46. The molecule has 0 heterocycles. The number of hydrogen-bond donors (Lipinski definition) is 0. The Morgan fingerprint density at radius 2 is 1.75 bits per heavy atom. The van der Waals surface area contributed by atoms with Crippen LogP contribution in [0.2, 0.25) is 0 Å². The van der Waals surface area contributed by atoms with Gasteiger partial charge in [-0.2, -0.15) is 0 Å². The Balaban J connectivity index is 2.53. The summed E-state index contributed by atoms with van der Waals surface area (Å²) in [6, 6.07) is 11.9. The summed E-state index contributed by atoms with van der Waals surface area (Å²) in [5.74, 6) is -0.528. The average Bonchev–Trinajstić information content (AvgIpc) is 2.47. The first-order valence-electron chi connectivity index (χ1n) is 5.84. The predicted molar refractivity (Wildman–Crippen MR) is 75.0 cm³/mol. The van der Waals surface area contributed by atoms with Gasteiger partial charge in [0.1, 0.15) is 16.5 Å². The van der Waals surface area contributed by atoms with Crippen LogP contribution in [0.4, 0.5) is 10.1 Å². The quantitative estimate of drug-likeness (QED) is 0.871. The van der Waals surface area contributed by atoms with E-state index in [2.05, 4.69) is 0 Å². The van der Waals surface area contributed by atoms with E-state index in [0.29, 0.717) is 5.69 Å². The molecular weight excluding hydrogens is 281 g/mol. The standard InChI is InChI=1S/C14H14FNO3S/c1-16(12-6-4-3-5-7-12)20(17,18)14-10-11(15)8-9-13(14)19-2/h3-10H,1-2H3. The molecule has 0 amide bonds. The van der Waals surface area contributed by atoms with Gasteiger partial charge in [-0.3, -0.25) is 4.31 Å². The number of para-hydroxylation sites is 1. The summed E-state index contributed by atoms with van der Waals surface area (Å²) < 4.78 is 44.5. The van der Waals surface area contributed by atoms with Crippen molar-refractivity contribution in [3.05, 3.63) is 54.3 Å². The van der Waals surface area contributed by atoms with Gasteiger partial charge in [-0.25, -0.2) is 12.8 Å². The lowest BCUT2D eigenvalue weighted by Gasteiger charge is -2.20. The van der Waals surface area contributed by atoms with Gasteiger partial charge >= 0.3 is 0 Å². The van der Waals surface area contributed by atoms with Crippen molar-refractivity contribution in [1.82, 2.24) is 0 Å². The largest absolute Gasteiger partial charge is 0.495 e. The number of sulfonamides is 1. The molecule has 106 valence electrons. The smallest absolute Gasteiger partial charge is 0.267 e. The maximum atomic E-state index is 13.3. The Morgan fingerprint density at radius 1 is 1.10 bits per heavy atom. The van der Waals surface area contributed by atoms with Gasteiger partial charge in [0, 0.05) is 7.05 Å². The molecule has 0 aliphatic carbocycles. The van der Waals surface area contributed by atoms with Crippen molar-refractivity contribution in [2.45, 2.75) is 4.90 Å². The molecule has 0 aromatic heterocycles. The zero-order chi connectivity index (χ0) is 14.8. The van der Waals surface area contributed by atoms with Crippen LogP contribution in [-0.4, -0.2) is 22.6 Å². The highest BCUT2D eigenvalue weighted by molar-refractivity contribution is 7.92. The number of rotatable bonds is 4. The van der Waals surface area contributed by atoms with E-state index in [4.69, 9.17) is 4.74 Å². The average molecular weight is 295 g/mol. The second-order valence-corrected chi connectivity index (χ2v) is 6.04. The number of halogens is 1. The van der Waals surface area contributed by atoms with Crippen LogP contribution >= 0.6 is 0 Å². The molecule has 0 bridgehead atoms. The van der Waals surface area contributed by atoms with E-state index in [9.17, 15) is 12.8 Å². The predicted octanol–water partition coefficient (Wildman–Crippen LogP) is 2.66. The fourth-order valence-electron chi connectivity index (χ4n) is 1.78. The van der Waals surface area contributed by atoms with E-state index in [1.807, 2.05) is 0 Å². The maximum Gasteiger partial charge on any atom is 0.267 e. The molecule has 0 aliphatic heterocycles. The molecular formula is C14H14FNO3S. The monoisotopic (exact) mass is 295 g/mol. The molecule has 2 aromatic carbocycles. The van der Waals surface area contributed by atoms with Gasteiger partial charge in [-0.05, 0) is 30.3 Å². The Kier molecular flexibility index (Phi) is 3.94. The Bertz CT molecular complexity index is 702. The number of methoxy groups -OCH3 is 1. The van der Waals surface area contributed by atoms with Crippen molar-refractivity contribution in [2.75, 3.05) is 18.5 Å². The van der Waals surface area contributed by atoms with E-state index in [0.717, 1.165) is 16.4 Å². The molecule has 2 rings (SSSR count). The molecule has 0 radical (unpaired) electrons. The minimum absolute atomic E-state index is 0.106. The highest BCUT2D eigenvalue weighted by Gasteiger charge is 2.25. The lowest BCUT2D eigenvalue weighted by molar-refractivity contribution is 0.401. The van der Waals surface area contributed by atoms with Crippen LogP contribution in [0.3, 0.4) is 0 Å². The van der Waals surface area contributed by atoms with Gasteiger partial charge in [-0.15, -0.1) is 0 Å². The zero-order valence-electron chi connectivity index (χ0n) is 11.1. The minimum Gasteiger partial charge on any atom is -0.495 e. The first kappa shape index (κ1) is 14.3. The fraction of sp³-hybridized carbons (Fsp3) is 0.143. The van der Waals surface area contributed by atoms with E-state index in [-0.39, 0.29) is 10.6 Å². The van der Waals surface area contributed by atoms with Crippen LogP contribution in [0.5, 0.6) is 5.75 Å².